The van der Waals surface area contributed by atoms with E-state index in [1.54, 1.807) is 25.1 Å². The SMILES string of the molecule is C[C@H](Sc1n[nH]c(-c2ccccc2F)n1)C(=O)Nc1ccccc1. The van der Waals surface area contributed by atoms with Crippen molar-refractivity contribution < 1.29 is 9.18 Å². The van der Waals surface area contributed by atoms with Crippen LogP contribution in [0.2, 0.25) is 0 Å². The molecule has 1 amide bonds. The minimum absolute atomic E-state index is 0.150. The van der Waals surface area contributed by atoms with E-state index >= 15 is 0 Å². The predicted molar refractivity (Wildman–Crippen MR) is 92.2 cm³/mol. The van der Waals surface area contributed by atoms with Crippen LogP contribution in [0.3, 0.4) is 0 Å². The number of aromatic nitrogens is 3. The Kier molecular flexibility index (Phi) is 4.90. The molecule has 2 aromatic carbocycles. The lowest BCUT2D eigenvalue weighted by Gasteiger charge is -2.09. The van der Waals surface area contributed by atoms with Crippen molar-refractivity contribution in [3.05, 3.63) is 60.4 Å². The van der Waals surface area contributed by atoms with Crippen molar-refractivity contribution >= 4 is 23.4 Å². The van der Waals surface area contributed by atoms with Crippen LogP contribution in [0.25, 0.3) is 11.4 Å². The molecule has 3 rings (SSSR count). The Morgan fingerprint density at radius 2 is 1.88 bits per heavy atom. The molecule has 0 aliphatic rings. The fraction of sp³-hybridized carbons (Fsp3) is 0.118. The second kappa shape index (κ2) is 7.27. The van der Waals surface area contributed by atoms with Crippen molar-refractivity contribution in [2.75, 3.05) is 5.32 Å². The number of hydrogen-bond acceptors (Lipinski definition) is 4. The van der Waals surface area contributed by atoms with Crippen LogP contribution in [-0.2, 0) is 4.79 Å². The number of H-pyrrole nitrogens is 1. The van der Waals surface area contributed by atoms with E-state index in [0.717, 1.165) is 5.69 Å². The summed E-state index contributed by atoms with van der Waals surface area (Å²) in [6.07, 6.45) is 0. The van der Waals surface area contributed by atoms with Gasteiger partial charge >= 0.3 is 0 Å². The number of aromatic amines is 1. The minimum atomic E-state index is -0.394. The number of carbonyl (C=O) groups excluding carboxylic acids is 1. The number of carbonyl (C=O) groups is 1. The first-order valence-electron chi connectivity index (χ1n) is 7.33. The van der Waals surface area contributed by atoms with Gasteiger partial charge in [-0.3, -0.25) is 9.89 Å². The molecule has 0 aliphatic carbocycles. The van der Waals surface area contributed by atoms with Gasteiger partial charge in [-0.25, -0.2) is 9.37 Å². The van der Waals surface area contributed by atoms with Crippen molar-refractivity contribution in [2.45, 2.75) is 17.3 Å². The molecule has 0 saturated carbocycles. The van der Waals surface area contributed by atoms with Crippen LogP contribution in [0.5, 0.6) is 0 Å². The van der Waals surface area contributed by atoms with E-state index in [1.807, 2.05) is 30.3 Å². The Hall–Kier alpha value is -2.67. The first-order chi connectivity index (χ1) is 11.6. The Balaban J connectivity index is 1.66. The summed E-state index contributed by atoms with van der Waals surface area (Å²) in [5.41, 5.74) is 1.08. The fourth-order valence-electron chi connectivity index (χ4n) is 2.05. The second-order valence-corrected chi connectivity index (χ2v) is 6.37. The number of benzene rings is 2. The van der Waals surface area contributed by atoms with Gasteiger partial charge in [0.05, 0.1) is 10.8 Å². The Bertz CT molecular complexity index is 837. The minimum Gasteiger partial charge on any atom is -0.325 e. The van der Waals surface area contributed by atoms with Gasteiger partial charge in [0.15, 0.2) is 5.82 Å². The summed E-state index contributed by atoms with van der Waals surface area (Å²) in [6, 6.07) is 15.5. The standard InChI is InChI=1S/C17H15FN4OS/c1-11(16(23)19-12-7-3-2-4-8-12)24-17-20-15(21-22-17)13-9-5-6-10-14(13)18/h2-11H,1H3,(H,19,23)(H,20,21,22)/t11-/m0/s1. The van der Waals surface area contributed by atoms with Gasteiger partial charge in [-0.05, 0) is 31.2 Å². The maximum absolute atomic E-state index is 13.8. The second-order valence-electron chi connectivity index (χ2n) is 5.06. The molecule has 0 aliphatic heterocycles. The van der Waals surface area contributed by atoms with Crippen LogP contribution < -0.4 is 5.32 Å². The summed E-state index contributed by atoms with van der Waals surface area (Å²) in [7, 11) is 0. The Labute approximate surface area is 142 Å². The normalized spacial score (nSPS) is 11.9. The van der Waals surface area contributed by atoms with E-state index in [2.05, 4.69) is 20.5 Å². The maximum Gasteiger partial charge on any atom is 0.237 e. The topological polar surface area (TPSA) is 70.7 Å². The van der Waals surface area contributed by atoms with Crippen molar-refractivity contribution in [1.82, 2.24) is 15.2 Å². The first kappa shape index (κ1) is 16.2. The molecule has 1 aromatic heterocycles. The third-order valence-electron chi connectivity index (χ3n) is 3.29. The zero-order valence-electron chi connectivity index (χ0n) is 12.9. The third kappa shape index (κ3) is 3.80. The predicted octanol–water partition coefficient (Wildman–Crippen LogP) is 3.73. The third-order valence-corrected chi connectivity index (χ3v) is 4.25. The fourth-order valence-corrected chi connectivity index (χ4v) is 2.77. The summed E-state index contributed by atoms with van der Waals surface area (Å²) in [5.74, 6) is -0.185. The van der Waals surface area contributed by atoms with Gasteiger partial charge in [0, 0.05) is 5.69 Å². The van der Waals surface area contributed by atoms with Crippen LogP contribution in [0.4, 0.5) is 10.1 Å². The quantitative estimate of drug-likeness (QED) is 0.693. The van der Waals surface area contributed by atoms with Gasteiger partial charge in [-0.1, -0.05) is 42.1 Å². The molecule has 1 heterocycles. The highest BCUT2D eigenvalue weighted by molar-refractivity contribution is 8.00. The number of anilines is 1. The molecule has 122 valence electrons. The zero-order chi connectivity index (χ0) is 16.9. The lowest BCUT2D eigenvalue weighted by atomic mass is 10.2. The Morgan fingerprint density at radius 1 is 1.17 bits per heavy atom. The van der Waals surface area contributed by atoms with Crippen molar-refractivity contribution in [1.29, 1.82) is 0 Å². The molecule has 0 spiro atoms. The van der Waals surface area contributed by atoms with E-state index in [1.165, 1.54) is 17.8 Å². The molecule has 0 bridgehead atoms. The molecule has 5 nitrogen and oxygen atoms in total. The van der Waals surface area contributed by atoms with Gasteiger partial charge in [0.2, 0.25) is 11.1 Å². The van der Waals surface area contributed by atoms with Crippen LogP contribution >= 0.6 is 11.8 Å². The molecule has 1 atom stereocenters. The number of hydrogen-bond donors (Lipinski definition) is 2. The van der Waals surface area contributed by atoms with Crippen LogP contribution in [-0.4, -0.2) is 26.3 Å². The summed E-state index contributed by atoms with van der Waals surface area (Å²) < 4.78 is 13.8. The molecule has 3 aromatic rings. The highest BCUT2D eigenvalue weighted by Gasteiger charge is 2.18. The summed E-state index contributed by atoms with van der Waals surface area (Å²) in [5, 5.41) is 9.57. The van der Waals surface area contributed by atoms with E-state index in [0.29, 0.717) is 16.5 Å². The summed E-state index contributed by atoms with van der Waals surface area (Å²) in [4.78, 5) is 16.4. The van der Waals surface area contributed by atoms with Gasteiger partial charge in [0.1, 0.15) is 5.82 Å². The molecule has 0 fully saturated rings. The van der Waals surface area contributed by atoms with Crippen LogP contribution in [0, 0.1) is 5.82 Å². The Morgan fingerprint density at radius 3 is 2.62 bits per heavy atom. The first-order valence-corrected chi connectivity index (χ1v) is 8.21. The molecule has 0 radical (unpaired) electrons. The molecule has 7 heteroatoms. The number of nitrogens with one attached hydrogen (secondary N) is 2. The summed E-state index contributed by atoms with van der Waals surface area (Å²) in [6.45, 7) is 1.77. The number of nitrogens with zero attached hydrogens (tertiary/aromatic N) is 2. The lowest BCUT2D eigenvalue weighted by molar-refractivity contribution is -0.115. The van der Waals surface area contributed by atoms with Gasteiger partial charge in [-0.2, -0.15) is 0 Å². The van der Waals surface area contributed by atoms with Crippen molar-refractivity contribution in [3.63, 3.8) is 0 Å². The average molecular weight is 342 g/mol. The number of para-hydroxylation sites is 1. The maximum atomic E-state index is 13.8. The molecule has 2 N–H and O–H groups in total. The van der Waals surface area contributed by atoms with E-state index in [4.69, 9.17) is 0 Å². The number of rotatable bonds is 5. The molecule has 24 heavy (non-hydrogen) atoms. The van der Waals surface area contributed by atoms with E-state index in [-0.39, 0.29) is 11.7 Å². The zero-order valence-corrected chi connectivity index (χ0v) is 13.7. The highest BCUT2D eigenvalue weighted by Crippen LogP contribution is 2.24. The molecule has 0 unspecified atom stereocenters. The van der Waals surface area contributed by atoms with E-state index < -0.39 is 5.25 Å². The van der Waals surface area contributed by atoms with Gasteiger partial charge in [0.25, 0.3) is 0 Å². The molecule has 0 saturated heterocycles. The van der Waals surface area contributed by atoms with Crippen LogP contribution in [0.1, 0.15) is 6.92 Å². The van der Waals surface area contributed by atoms with Crippen molar-refractivity contribution in [3.8, 4) is 11.4 Å². The van der Waals surface area contributed by atoms with Crippen molar-refractivity contribution in [2.24, 2.45) is 0 Å². The molecular formula is C17H15FN4OS. The average Bonchev–Trinajstić information content (AvgIpc) is 3.04. The summed E-state index contributed by atoms with van der Waals surface area (Å²) >= 11 is 1.20. The smallest absolute Gasteiger partial charge is 0.237 e. The monoisotopic (exact) mass is 342 g/mol. The number of thioether (sulfide) groups is 1. The number of halogens is 1. The number of amides is 1. The van der Waals surface area contributed by atoms with E-state index in [9.17, 15) is 9.18 Å². The van der Waals surface area contributed by atoms with Gasteiger partial charge in [-0.15, -0.1) is 5.10 Å². The van der Waals surface area contributed by atoms with Gasteiger partial charge < -0.3 is 5.32 Å². The lowest BCUT2D eigenvalue weighted by Crippen LogP contribution is -2.22. The van der Waals surface area contributed by atoms with Crippen LogP contribution in [0.15, 0.2) is 59.8 Å². The highest BCUT2D eigenvalue weighted by atomic mass is 32.2. The molecular weight excluding hydrogens is 327 g/mol. The largest absolute Gasteiger partial charge is 0.325 e.